The van der Waals surface area contributed by atoms with Crippen LogP contribution < -0.4 is 14.8 Å². The van der Waals surface area contributed by atoms with Gasteiger partial charge in [0.1, 0.15) is 18.2 Å². The van der Waals surface area contributed by atoms with Gasteiger partial charge in [-0.25, -0.2) is 0 Å². The van der Waals surface area contributed by atoms with Crippen molar-refractivity contribution in [3.63, 3.8) is 0 Å². The fourth-order valence-electron chi connectivity index (χ4n) is 3.50. The summed E-state index contributed by atoms with van der Waals surface area (Å²) in [6, 6.07) is 30.5. The Morgan fingerprint density at radius 2 is 1.70 bits per heavy atom. The van der Waals surface area contributed by atoms with Crippen molar-refractivity contribution in [2.24, 2.45) is 0 Å². The van der Waals surface area contributed by atoms with Gasteiger partial charge in [0.25, 0.3) is 5.91 Å². The highest BCUT2D eigenvalue weighted by molar-refractivity contribution is 6.09. The molecule has 0 atom stereocenters. The quantitative estimate of drug-likeness (QED) is 0.287. The molecule has 0 aliphatic heterocycles. The number of anilines is 1. The second kappa shape index (κ2) is 10.2. The predicted octanol–water partition coefficient (Wildman–Crippen LogP) is 5.97. The molecule has 5 nitrogen and oxygen atoms in total. The van der Waals surface area contributed by atoms with Crippen molar-refractivity contribution >= 4 is 28.4 Å². The van der Waals surface area contributed by atoms with Gasteiger partial charge in [-0.1, -0.05) is 66.7 Å². The summed E-state index contributed by atoms with van der Waals surface area (Å²) in [7, 11) is 1.57. The molecule has 4 aromatic carbocycles. The lowest BCUT2D eigenvalue weighted by atomic mass is 10.1. The first-order valence-corrected chi connectivity index (χ1v) is 10.4. The number of nitriles is 1. The minimum atomic E-state index is -0.474. The molecule has 4 rings (SSSR count). The first-order chi connectivity index (χ1) is 16.2. The van der Waals surface area contributed by atoms with E-state index in [9.17, 15) is 10.1 Å². The third-order valence-electron chi connectivity index (χ3n) is 5.16. The first-order valence-electron chi connectivity index (χ1n) is 10.4. The number of fused-ring (bicyclic) bond motifs is 1. The Kier molecular flexibility index (Phi) is 6.67. The molecule has 5 heteroatoms. The topological polar surface area (TPSA) is 71.3 Å². The lowest BCUT2D eigenvalue weighted by Gasteiger charge is -2.13. The zero-order chi connectivity index (χ0) is 23.0. The predicted molar refractivity (Wildman–Crippen MR) is 130 cm³/mol. The van der Waals surface area contributed by atoms with Crippen molar-refractivity contribution in [3.05, 3.63) is 108 Å². The molecule has 0 heterocycles. The Morgan fingerprint density at radius 3 is 2.48 bits per heavy atom. The molecule has 0 bridgehead atoms. The summed E-state index contributed by atoms with van der Waals surface area (Å²) in [6.45, 7) is 0.352. The summed E-state index contributed by atoms with van der Waals surface area (Å²) in [5, 5.41) is 14.5. The van der Waals surface area contributed by atoms with Crippen LogP contribution in [-0.4, -0.2) is 13.0 Å². The molecule has 0 fully saturated rings. The monoisotopic (exact) mass is 434 g/mol. The van der Waals surface area contributed by atoms with E-state index in [2.05, 4.69) is 23.5 Å². The van der Waals surface area contributed by atoms with E-state index in [1.54, 1.807) is 37.4 Å². The molecule has 1 amide bonds. The van der Waals surface area contributed by atoms with Crippen molar-refractivity contribution in [1.82, 2.24) is 0 Å². The SMILES string of the molecule is COc1ccc(/C=C(\C#N)C(=O)Nc2ccccc2)cc1OCc1cccc2ccccc12. The van der Waals surface area contributed by atoms with Crippen LogP contribution in [0.25, 0.3) is 16.8 Å². The number of hydrogen-bond acceptors (Lipinski definition) is 4. The number of nitrogens with one attached hydrogen (secondary N) is 1. The summed E-state index contributed by atoms with van der Waals surface area (Å²) in [5.41, 5.74) is 2.32. The summed E-state index contributed by atoms with van der Waals surface area (Å²) in [4.78, 5) is 12.5. The number of carbonyl (C=O) groups is 1. The number of hydrogen-bond donors (Lipinski definition) is 1. The van der Waals surface area contributed by atoms with Gasteiger partial charge >= 0.3 is 0 Å². The third-order valence-corrected chi connectivity index (χ3v) is 5.16. The largest absolute Gasteiger partial charge is 0.493 e. The standard InChI is InChI=1S/C28H22N2O3/c1-32-26-15-14-20(16-23(18-29)28(31)30-24-11-3-2-4-12-24)17-27(26)33-19-22-10-7-9-21-8-5-6-13-25(21)22/h2-17H,19H2,1H3,(H,30,31)/b23-16+. The number of amides is 1. The van der Waals surface area contributed by atoms with Crippen LogP contribution in [0.15, 0.2) is 96.6 Å². The van der Waals surface area contributed by atoms with Gasteiger partial charge in [-0.3, -0.25) is 4.79 Å². The van der Waals surface area contributed by atoms with Gasteiger partial charge < -0.3 is 14.8 Å². The molecule has 4 aromatic rings. The molecule has 162 valence electrons. The molecule has 0 aliphatic rings. The Hall–Kier alpha value is -4.56. The zero-order valence-corrected chi connectivity index (χ0v) is 18.1. The van der Waals surface area contributed by atoms with Crippen LogP contribution in [0.1, 0.15) is 11.1 Å². The lowest BCUT2D eigenvalue weighted by molar-refractivity contribution is -0.112. The van der Waals surface area contributed by atoms with Gasteiger partial charge in [0.05, 0.1) is 7.11 Å². The first kappa shape index (κ1) is 21.7. The molecule has 0 unspecified atom stereocenters. The molecule has 0 radical (unpaired) electrons. The highest BCUT2D eigenvalue weighted by Crippen LogP contribution is 2.30. The van der Waals surface area contributed by atoms with Crippen LogP contribution in [0, 0.1) is 11.3 Å². The van der Waals surface area contributed by atoms with Crippen LogP contribution >= 0.6 is 0 Å². The van der Waals surface area contributed by atoms with E-state index in [1.807, 2.05) is 48.5 Å². The smallest absolute Gasteiger partial charge is 0.266 e. The van der Waals surface area contributed by atoms with Crippen LogP contribution in [0.2, 0.25) is 0 Å². The Bertz CT molecular complexity index is 1350. The molecular weight excluding hydrogens is 412 g/mol. The maximum absolute atomic E-state index is 12.5. The number of rotatable bonds is 7. The number of nitrogens with zero attached hydrogens (tertiary/aromatic N) is 1. The lowest BCUT2D eigenvalue weighted by Crippen LogP contribution is -2.13. The van der Waals surface area contributed by atoms with E-state index in [4.69, 9.17) is 9.47 Å². The zero-order valence-electron chi connectivity index (χ0n) is 18.1. The van der Waals surface area contributed by atoms with Gasteiger partial charge in [0.15, 0.2) is 11.5 Å². The van der Waals surface area contributed by atoms with Gasteiger partial charge in [-0.2, -0.15) is 5.26 Å². The molecule has 0 saturated heterocycles. The maximum atomic E-state index is 12.5. The molecule has 0 aliphatic carbocycles. The number of benzene rings is 4. The second-order valence-corrected chi connectivity index (χ2v) is 7.33. The maximum Gasteiger partial charge on any atom is 0.266 e. The number of carbonyl (C=O) groups excluding carboxylic acids is 1. The van der Waals surface area contributed by atoms with Crippen molar-refractivity contribution in [3.8, 4) is 17.6 Å². The van der Waals surface area contributed by atoms with E-state index < -0.39 is 5.91 Å². The van der Waals surface area contributed by atoms with E-state index >= 15 is 0 Å². The van der Waals surface area contributed by atoms with Gasteiger partial charge in [-0.05, 0) is 52.2 Å². The van der Waals surface area contributed by atoms with Gasteiger partial charge in [0, 0.05) is 5.69 Å². The van der Waals surface area contributed by atoms with Gasteiger partial charge in [-0.15, -0.1) is 0 Å². The highest BCUT2D eigenvalue weighted by atomic mass is 16.5. The average Bonchev–Trinajstić information content (AvgIpc) is 2.86. The average molecular weight is 434 g/mol. The molecule has 1 N–H and O–H groups in total. The minimum Gasteiger partial charge on any atom is -0.493 e. The molecule has 0 spiro atoms. The number of ether oxygens (including phenoxy) is 2. The van der Waals surface area contributed by atoms with E-state index in [-0.39, 0.29) is 5.57 Å². The Balaban J connectivity index is 1.57. The Morgan fingerprint density at radius 1 is 0.939 bits per heavy atom. The summed E-state index contributed by atoms with van der Waals surface area (Å²) in [5.74, 6) is 0.623. The van der Waals surface area contributed by atoms with Crippen molar-refractivity contribution in [2.75, 3.05) is 12.4 Å². The van der Waals surface area contributed by atoms with Crippen LogP contribution in [0.5, 0.6) is 11.5 Å². The Labute approximate surface area is 192 Å². The van der Waals surface area contributed by atoms with E-state index in [1.165, 1.54) is 6.08 Å². The van der Waals surface area contributed by atoms with E-state index in [0.717, 1.165) is 16.3 Å². The molecule has 33 heavy (non-hydrogen) atoms. The third kappa shape index (κ3) is 5.20. The number of para-hydroxylation sites is 1. The minimum absolute atomic E-state index is 0.0102. The highest BCUT2D eigenvalue weighted by Gasteiger charge is 2.12. The number of methoxy groups -OCH3 is 1. The summed E-state index contributed by atoms with van der Waals surface area (Å²) < 4.78 is 11.5. The fourth-order valence-corrected chi connectivity index (χ4v) is 3.50. The summed E-state index contributed by atoms with van der Waals surface area (Å²) >= 11 is 0. The van der Waals surface area contributed by atoms with Gasteiger partial charge in [0.2, 0.25) is 0 Å². The molecule has 0 aromatic heterocycles. The van der Waals surface area contributed by atoms with Crippen LogP contribution in [0.4, 0.5) is 5.69 Å². The molecule has 0 saturated carbocycles. The van der Waals surface area contributed by atoms with Crippen molar-refractivity contribution in [2.45, 2.75) is 6.61 Å². The van der Waals surface area contributed by atoms with Crippen molar-refractivity contribution < 1.29 is 14.3 Å². The van der Waals surface area contributed by atoms with Crippen LogP contribution in [0.3, 0.4) is 0 Å². The second-order valence-electron chi connectivity index (χ2n) is 7.33. The summed E-state index contributed by atoms with van der Waals surface area (Å²) in [6.07, 6.45) is 1.53. The van der Waals surface area contributed by atoms with Crippen LogP contribution in [-0.2, 0) is 11.4 Å². The van der Waals surface area contributed by atoms with Crippen molar-refractivity contribution in [1.29, 1.82) is 5.26 Å². The van der Waals surface area contributed by atoms with E-state index in [0.29, 0.717) is 29.4 Å². The fraction of sp³-hybridized carbons (Fsp3) is 0.0714. The normalized spacial score (nSPS) is 11.0. The molecular formula is C28H22N2O3.